The predicted octanol–water partition coefficient (Wildman–Crippen LogP) is 2.75. The van der Waals surface area contributed by atoms with E-state index < -0.39 is 10.0 Å². The van der Waals surface area contributed by atoms with Crippen LogP contribution in [0.25, 0.3) is 0 Å². The van der Waals surface area contributed by atoms with E-state index in [2.05, 4.69) is 15.9 Å². The van der Waals surface area contributed by atoms with E-state index in [4.69, 9.17) is 0 Å². The van der Waals surface area contributed by atoms with Crippen LogP contribution in [0.2, 0.25) is 0 Å². The molecular weight excluding hydrogens is 302 g/mol. The second-order valence-corrected chi connectivity index (χ2v) is 6.84. The first-order valence-electron chi connectivity index (χ1n) is 5.72. The molecule has 1 aliphatic rings. The summed E-state index contributed by atoms with van der Waals surface area (Å²) in [6.07, 6.45) is 1.92. The molecule has 1 aromatic carbocycles. The quantitative estimate of drug-likeness (QED) is 0.804. The maximum atomic E-state index is 12.4. The Bertz CT molecular complexity index is 484. The Morgan fingerprint density at radius 2 is 2.00 bits per heavy atom. The van der Waals surface area contributed by atoms with Crippen molar-refractivity contribution in [2.24, 2.45) is 0 Å². The largest absolute Gasteiger partial charge is 0.243 e. The summed E-state index contributed by atoms with van der Waals surface area (Å²) in [5, 5.41) is 0.743. The molecule has 94 valence electrons. The average Bonchev–Trinajstić information content (AvgIpc) is 2.76. The standard InChI is InChI=1S/C12H16BrNO2S/c1-10-3-2-8-14(10)17(15,16)12-6-4-11(9-13)5-7-12/h4-7,10H,2-3,8-9H2,1H3. The van der Waals surface area contributed by atoms with Crippen LogP contribution < -0.4 is 0 Å². The Kier molecular flexibility index (Phi) is 3.90. The van der Waals surface area contributed by atoms with E-state index in [9.17, 15) is 8.42 Å². The van der Waals surface area contributed by atoms with Gasteiger partial charge in [-0.25, -0.2) is 8.42 Å². The van der Waals surface area contributed by atoms with E-state index in [1.54, 1.807) is 16.4 Å². The van der Waals surface area contributed by atoms with E-state index in [-0.39, 0.29) is 6.04 Å². The summed E-state index contributed by atoms with van der Waals surface area (Å²) >= 11 is 3.35. The molecule has 1 saturated heterocycles. The normalized spacial score (nSPS) is 21.9. The Labute approximate surface area is 111 Å². The van der Waals surface area contributed by atoms with Crippen LogP contribution in [0.5, 0.6) is 0 Å². The van der Waals surface area contributed by atoms with Crippen molar-refractivity contribution < 1.29 is 8.42 Å². The first-order chi connectivity index (χ1) is 8.05. The van der Waals surface area contributed by atoms with Gasteiger partial charge in [-0.3, -0.25) is 0 Å². The molecule has 1 heterocycles. The Morgan fingerprint density at radius 3 is 2.47 bits per heavy atom. The van der Waals surface area contributed by atoms with Crippen LogP contribution in [-0.4, -0.2) is 25.3 Å². The average molecular weight is 318 g/mol. The zero-order valence-corrected chi connectivity index (χ0v) is 12.2. The monoisotopic (exact) mass is 317 g/mol. The minimum Gasteiger partial charge on any atom is -0.207 e. The summed E-state index contributed by atoms with van der Waals surface area (Å²) in [5.41, 5.74) is 1.08. The lowest BCUT2D eigenvalue weighted by atomic mass is 10.2. The predicted molar refractivity (Wildman–Crippen MR) is 71.7 cm³/mol. The first-order valence-corrected chi connectivity index (χ1v) is 8.28. The van der Waals surface area contributed by atoms with Crippen LogP contribution in [-0.2, 0) is 15.4 Å². The van der Waals surface area contributed by atoms with Crippen molar-refractivity contribution in [1.29, 1.82) is 0 Å². The molecular formula is C12H16BrNO2S. The molecule has 17 heavy (non-hydrogen) atoms. The number of sulfonamides is 1. The van der Waals surface area contributed by atoms with Crippen molar-refractivity contribution in [1.82, 2.24) is 4.31 Å². The SMILES string of the molecule is CC1CCCN1S(=O)(=O)c1ccc(CBr)cc1. The molecule has 1 fully saturated rings. The smallest absolute Gasteiger partial charge is 0.207 e. The molecule has 0 spiro atoms. The number of benzene rings is 1. The van der Waals surface area contributed by atoms with Gasteiger partial charge in [0.05, 0.1) is 4.90 Å². The highest BCUT2D eigenvalue weighted by atomic mass is 79.9. The molecule has 0 bridgehead atoms. The molecule has 1 atom stereocenters. The van der Waals surface area contributed by atoms with Gasteiger partial charge in [-0.15, -0.1) is 0 Å². The zero-order valence-electron chi connectivity index (χ0n) is 9.77. The van der Waals surface area contributed by atoms with Crippen LogP contribution in [0.4, 0.5) is 0 Å². The molecule has 3 nitrogen and oxygen atoms in total. The number of alkyl halides is 1. The lowest BCUT2D eigenvalue weighted by Gasteiger charge is -2.20. The van der Waals surface area contributed by atoms with Crippen molar-refractivity contribution in [2.45, 2.75) is 36.0 Å². The van der Waals surface area contributed by atoms with E-state index in [0.717, 1.165) is 23.7 Å². The molecule has 0 aliphatic carbocycles. The minimum atomic E-state index is -3.29. The van der Waals surface area contributed by atoms with Gasteiger partial charge in [-0.05, 0) is 37.5 Å². The van der Waals surface area contributed by atoms with Crippen molar-refractivity contribution in [3.63, 3.8) is 0 Å². The van der Waals surface area contributed by atoms with E-state index >= 15 is 0 Å². The Hall–Kier alpha value is -0.390. The number of hydrogen-bond donors (Lipinski definition) is 0. The van der Waals surface area contributed by atoms with Gasteiger partial charge in [0.15, 0.2) is 0 Å². The highest BCUT2D eigenvalue weighted by molar-refractivity contribution is 9.08. The van der Waals surface area contributed by atoms with Gasteiger partial charge in [-0.1, -0.05) is 28.1 Å². The van der Waals surface area contributed by atoms with Crippen LogP contribution >= 0.6 is 15.9 Å². The summed E-state index contributed by atoms with van der Waals surface area (Å²) in [4.78, 5) is 0.399. The molecule has 2 rings (SSSR count). The third-order valence-electron chi connectivity index (χ3n) is 3.18. The van der Waals surface area contributed by atoms with Crippen LogP contribution in [0.1, 0.15) is 25.3 Å². The van der Waals surface area contributed by atoms with Crippen molar-refractivity contribution in [3.8, 4) is 0 Å². The Balaban J connectivity index is 2.31. The molecule has 1 unspecified atom stereocenters. The third kappa shape index (κ3) is 2.56. The maximum absolute atomic E-state index is 12.4. The van der Waals surface area contributed by atoms with Gasteiger partial charge in [0.25, 0.3) is 0 Å². The van der Waals surface area contributed by atoms with Crippen LogP contribution in [0.3, 0.4) is 0 Å². The maximum Gasteiger partial charge on any atom is 0.243 e. The van der Waals surface area contributed by atoms with Gasteiger partial charge >= 0.3 is 0 Å². The summed E-state index contributed by atoms with van der Waals surface area (Å²) in [6, 6.07) is 7.20. The Morgan fingerprint density at radius 1 is 1.35 bits per heavy atom. The van der Waals surface area contributed by atoms with Crippen molar-refractivity contribution in [2.75, 3.05) is 6.54 Å². The fraction of sp³-hybridized carbons (Fsp3) is 0.500. The number of nitrogens with zero attached hydrogens (tertiary/aromatic N) is 1. The fourth-order valence-electron chi connectivity index (χ4n) is 2.15. The summed E-state index contributed by atoms with van der Waals surface area (Å²) < 4.78 is 26.3. The third-order valence-corrected chi connectivity index (χ3v) is 5.85. The van der Waals surface area contributed by atoms with Gasteiger partial charge in [-0.2, -0.15) is 4.31 Å². The van der Waals surface area contributed by atoms with Crippen LogP contribution in [0.15, 0.2) is 29.2 Å². The topological polar surface area (TPSA) is 37.4 Å². The second kappa shape index (κ2) is 5.08. The highest BCUT2D eigenvalue weighted by Crippen LogP contribution is 2.25. The summed E-state index contributed by atoms with van der Waals surface area (Å²) in [5.74, 6) is 0. The lowest BCUT2D eigenvalue weighted by molar-refractivity contribution is 0.408. The lowest BCUT2D eigenvalue weighted by Crippen LogP contribution is -2.33. The van der Waals surface area contributed by atoms with Crippen molar-refractivity contribution >= 4 is 26.0 Å². The van der Waals surface area contributed by atoms with Crippen LogP contribution in [0, 0.1) is 0 Å². The van der Waals surface area contributed by atoms with Gasteiger partial charge in [0.2, 0.25) is 10.0 Å². The highest BCUT2D eigenvalue weighted by Gasteiger charge is 2.32. The number of rotatable bonds is 3. The molecule has 5 heteroatoms. The van der Waals surface area contributed by atoms with Gasteiger partial charge in [0, 0.05) is 17.9 Å². The molecule has 0 amide bonds. The molecule has 0 radical (unpaired) electrons. The van der Waals surface area contributed by atoms with Gasteiger partial charge < -0.3 is 0 Å². The molecule has 1 aliphatic heterocycles. The first kappa shape index (κ1) is 13.1. The molecule has 0 saturated carbocycles. The minimum absolute atomic E-state index is 0.121. The van der Waals surface area contributed by atoms with E-state index in [1.807, 2.05) is 19.1 Å². The molecule has 0 N–H and O–H groups in total. The van der Waals surface area contributed by atoms with Crippen molar-refractivity contribution in [3.05, 3.63) is 29.8 Å². The zero-order chi connectivity index (χ0) is 12.5. The number of hydrogen-bond acceptors (Lipinski definition) is 2. The van der Waals surface area contributed by atoms with E-state index in [0.29, 0.717) is 11.4 Å². The van der Waals surface area contributed by atoms with E-state index in [1.165, 1.54) is 0 Å². The molecule has 0 aromatic heterocycles. The summed E-state index contributed by atoms with van der Waals surface area (Å²) in [6.45, 7) is 2.61. The second-order valence-electron chi connectivity index (χ2n) is 4.38. The summed E-state index contributed by atoms with van der Waals surface area (Å²) in [7, 11) is -3.29. The van der Waals surface area contributed by atoms with Gasteiger partial charge in [0.1, 0.15) is 0 Å². The number of halogens is 1. The molecule has 1 aromatic rings. The fourth-order valence-corrected chi connectivity index (χ4v) is 4.22.